The predicted octanol–water partition coefficient (Wildman–Crippen LogP) is 3.29. The first-order valence-electron chi connectivity index (χ1n) is 7.03. The van der Waals surface area contributed by atoms with Crippen LogP contribution in [0.4, 0.5) is 17.1 Å². The Bertz CT molecular complexity index is 969. The van der Waals surface area contributed by atoms with Gasteiger partial charge < -0.3 is 16.2 Å². The molecule has 0 aromatic heterocycles. The maximum Gasteiger partial charge on any atom is 0.271 e. The second-order valence-corrected chi connectivity index (χ2v) is 5.17. The molecule has 3 aromatic rings. The van der Waals surface area contributed by atoms with Crippen molar-refractivity contribution >= 4 is 33.7 Å². The molecule has 3 aromatic carbocycles. The monoisotopic (exact) mass is 323 g/mol. The van der Waals surface area contributed by atoms with Crippen LogP contribution >= 0.6 is 0 Å². The number of nitro benzene ring substituents is 1. The summed E-state index contributed by atoms with van der Waals surface area (Å²) in [6, 6.07) is 14.1. The normalized spacial score (nSPS) is 10.5. The van der Waals surface area contributed by atoms with Crippen molar-refractivity contribution in [2.45, 2.75) is 0 Å². The van der Waals surface area contributed by atoms with Gasteiger partial charge in [-0.25, -0.2) is 0 Å². The highest BCUT2D eigenvalue weighted by atomic mass is 16.6. The van der Waals surface area contributed by atoms with Crippen molar-refractivity contribution in [2.75, 3.05) is 11.1 Å². The van der Waals surface area contributed by atoms with Gasteiger partial charge in [-0.05, 0) is 17.5 Å². The summed E-state index contributed by atoms with van der Waals surface area (Å²) in [6.07, 6.45) is 0. The van der Waals surface area contributed by atoms with Crippen LogP contribution in [-0.2, 0) is 0 Å². The first-order chi connectivity index (χ1) is 11.5. The highest BCUT2D eigenvalue weighted by molar-refractivity contribution is 6.11. The number of hydrogen-bond acceptors (Lipinski definition) is 5. The lowest BCUT2D eigenvalue weighted by molar-refractivity contribution is -0.384. The Labute approximate surface area is 136 Å². The fourth-order valence-corrected chi connectivity index (χ4v) is 2.43. The summed E-state index contributed by atoms with van der Waals surface area (Å²) in [5.41, 5.74) is 6.11. The van der Waals surface area contributed by atoms with Crippen LogP contribution in [0.15, 0.2) is 54.6 Å². The number of nitrogens with two attached hydrogens (primary N) is 1. The number of nitro groups is 1. The van der Waals surface area contributed by atoms with Gasteiger partial charge in [-0.15, -0.1) is 0 Å². The van der Waals surface area contributed by atoms with Crippen molar-refractivity contribution in [3.63, 3.8) is 0 Å². The van der Waals surface area contributed by atoms with Gasteiger partial charge in [0.05, 0.1) is 16.2 Å². The van der Waals surface area contributed by atoms with Crippen molar-refractivity contribution < 1.29 is 14.8 Å². The molecule has 7 heteroatoms. The molecule has 0 aliphatic heterocycles. The minimum absolute atomic E-state index is 0.00212. The van der Waals surface area contributed by atoms with Crippen LogP contribution in [-0.4, -0.2) is 15.9 Å². The molecular formula is C17H13N3O4. The molecular weight excluding hydrogens is 310 g/mol. The van der Waals surface area contributed by atoms with Gasteiger partial charge in [0.25, 0.3) is 11.6 Å². The van der Waals surface area contributed by atoms with E-state index in [2.05, 4.69) is 5.32 Å². The minimum Gasteiger partial charge on any atom is -0.505 e. The predicted molar refractivity (Wildman–Crippen MR) is 91.1 cm³/mol. The summed E-state index contributed by atoms with van der Waals surface area (Å²) in [6.45, 7) is 0. The van der Waals surface area contributed by atoms with Crippen molar-refractivity contribution in [3.8, 4) is 5.75 Å². The maximum atomic E-state index is 12.4. The number of phenols is 1. The standard InChI is InChI=1S/C17H13N3O4/c18-15-13-7-2-1-4-10(13)8-14(16(15)21)17(22)19-11-5-3-6-12(9-11)20(23)24/h1-9,21H,18H2,(H,19,22). The lowest BCUT2D eigenvalue weighted by Gasteiger charge is -2.11. The smallest absolute Gasteiger partial charge is 0.271 e. The Morgan fingerprint density at radius 3 is 2.62 bits per heavy atom. The topological polar surface area (TPSA) is 118 Å². The van der Waals surface area contributed by atoms with Crippen molar-refractivity contribution in [1.29, 1.82) is 0 Å². The van der Waals surface area contributed by atoms with Gasteiger partial charge in [0.2, 0.25) is 0 Å². The van der Waals surface area contributed by atoms with Gasteiger partial charge in [0.15, 0.2) is 5.75 Å². The Morgan fingerprint density at radius 2 is 1.88 bits per heavy atom. The number of benzene rings is 3. The summed E-state index contributed by atoms with van der Waals surface area (Å²) >= 11 is 0. The third kappa shape index (κ3) is 2.70. The number of carbonyl (C=O) groups excluding carboxylic acids is 1. The second-order valence-electron chi connectivity index (χ2n) is 5.17. The maximum absolute atomic E-state index is 12.4. The van der Waals surface area contributed by atoms with Crippen LogP contribution in [0.25, 0.3) is 10.8 Å². The average Bonchev–Trinajstić information content (AvgIpc) is 2.58. The number of hydrogen-bond donors (Lipinski definition) is 3. The lowest BCUT2D eigenvalue weighted by Crippen LogP contribution is -2.13. The largest absolute Gasteiger partial charge is 0.505 e. The number of rotatable bonds is 3. The molecule has 0 saturated heterocycles. The Morgan fingerprint density at radius 1 is 1.12 bits per heavy atom. The number of phenolic OH excluding ortho intramolecular Hbond substituents is 1. The fraction of sp³-hybridized carbons (Fsp3) is 0. The number of nitrogens with zero attached hydrogens (tertiary/aromatic N) is 1. The lowest BCUT2D eigenvalue weighted by atomic mass is 10.0. The van der Waals surface area contributed by atoms with Gasteiger partial charge in [-0.3, -0.25) is 14.9 Å². The van der Waals surface area contributed by atoms with Crippen LogP contribution < -0.4 is 11.1 Å². The molecule has 4 N–H and O–H groups in total. The summed E-state index contributed by atoms with van der Waals surface area (Å²) < 4.78 is 0. The minimum atomic E-state index is -0.606. The molecule has 1 amide bonds. The van der Waals surface area contributed by atoms with E-state index in [0.717, 1.165) is 0 Å². The van der Waals surface area contributed by atoms with E-state index >= 15 is 0 Å². The van der Waals surface area contributed by atoms with Crippen LogP contribution in [0.5, 0.6) is 5.75 Å². The zero-order valence-corrected chi connectivity index (χ0v) is 12.4. The molecule has 3 rings (SSSR count). The summed E-state index contributed by atoms with van der Waals surface area (Å²) in [7, 11) is 0. The molecule has 0 atom stereocenters. The quantitative estimate of drug-likeness (QED) is 0.296. The molecule has 7 nitrogen and oxygen atoms in total. The van der Waals surface area contributed by atoms with E-state index in [1.165, 1.54) is 30.3 Å². The molecule has 24 heavy (non-hydrogen) atoms. The number of carbonyl (C=O) groups is 1. The van der Waals surface area contributed by atoms with E-state index in [9.17, 15) is 20.0 Å². The number of aromatic hydroxyl groups is 1. The molecule has 0 saturated carbocycles. The van der Waals surface area contributed by atoms with E-state index in [0.29, 0.717) is 10.8 Å². The number of fused-ring (bicyclic) bond motifs is 1. The van der Waals surface area contributed by atoms with Gasteiger partial charge in [-0.1, -0.05) is 30.3 Å². The number of non-ortho nitro benzene ring substituents is 1. The first-order valence-corrected chi connectivity index (χ1v) is 7.03. The zero-order chi connectivity index (χ0) is 17.3. The first kappa shape index (κ1) is 15.3. The molecule has 120 valence electrons. The molecule has 0 unspecified atom stereocenters. The van der Waals surface area contributed by atoms with Crippen molar-refractivity contribution in [1.82, 2.24) is 0 Å². The molecule has 0 spiro atoms. The molecule has 0 heterocycles. The van der Waals surface area contributed by atoms with Gasteiger partial charge in [0.1, 0.15) is 0 Å². The van der Waals surface area contributed by atoms with Crippen molar-refractivity contribution in [2.24, 2.45) is 0 Å². The summed E-state index contributed by atoms with van der Waals surface area (Å²) in [4.78, 5) is 22.7. The van der Waals surface area contributed by atoms with E-state index < -0.39 is 10.8 Å². The number of amides is 1. The third-order valence-electron chi connectivity index (χ3n) is 3.62. The number of nitrogen functional groups attached to an aromatic ring is 1. The van der Waals surface area contributed by atoms with Gasteiger partial charge in [0, 0.05) is 23.2 Å². The molecule has 0 aliphatic rings. The Balaban J connectivity index is 1.98. The summed E-state index contributed by atoms with van der Waals surface area (Å²) in [5.74, 6) is -0.929. The SMILES string of the molecule is Nc1c(O)c(C(=O)Nc2cccc([N+](=O)[O-])c2)cc2ccccc12. The van der Waals surface area contributed by atoms with E-state index in [1.807, 2.05) is 0 Å². The van der Waals surface area contributed by atoms with Crippen LogP contribution in [0.1, 0.15) is 10.4 Å². The molecule has 0 aliphatic carbocycles. The van der Waals surface area contributed by atoms with Crippen LogP contribution in [0, 0.1) is 10.1 Å². The molecule has 0 bridgehead atoms. The number of anilines is 2. The second kappa shape index (κ2) is 5.88. The summed E-state index contributed by atoms with van der Waals surface area (Å²) in [5, 5.41) is 24.9. The van der Waals surface area contributed by atoms with E-state index in [-0.39, 0.29) is 28.4 Å². The highest BCUT2D eigenvalue weighted by Crippen LogP contribution is 2.34. The Hall–Kier alpha value is -3.61. The zero-order valence-electron chi connectivity index (χ0n) is 12.4. The van der Waals surface area contributed by atoms with E-state index in [4.69, 9.17) is 5.73 Å². The van der Waals surface area contributed by atoms with Crippen LogP contribution in [0.3, 0.4) is 0 Å². The van der Waals surface area contributed by atoms with Crippen molar-refractivity contribution in [3.05, 3.63) is 70.3 Å². The fourth-order valence-electron chi connectivity index (χ4n) is 2.43. The van der Waals surface area contributed by atoms with Gasteiger partial charge in [-0.2, -0.15) is 0 Å². The molecule has 0 radical (unpaired) electrons. The molecule has 0 fully saturated rings. The number of nitrogens with one attached hydrogen (secondary N) is 1. The Kier molecular flexibility index (Phi) is 3.75. The van der Waals surface area contributed by atoms with Crippen LogP contribution in [0.2, 0.25) is 0 Å². The third-order valence-corrected chi connectivity index (χ3v) is 3.62. The van der Waals surface area contributed by atoms with E-state index in [1.54, 1.807) is 24.3 Å². The average molecular weight is 323 g/mol. The highest BCUT2D eigenvalue weighted by Gasteiger charge is 2.17. The van der Waals surface area contributed by atoms with Gasteiger partial charge >= 0.3 is 0 Å².